The summed E-state index contributed by atoms with van der Waals surface area (Å²) in [5.41, 5.74) is 4.62. The number of nitrogens with two attached hydrogens (primary N) is 1. The van der Waals surface area contributed by atoms with Crippen LogP contribution in [0.1, 0.15) is 56.3 Å². The number of nitrogens with one attached hydrogen (secondary N) is 1. The Morgan fingerprint density at radius 3 is 2.70 bits per heavy atom. The summed E-state index contributed by atoms with van der Waals surface area (Å²) in [6.07, 6.45) is 4.98. The molecule has 1 aromatic heterocycles. The van der Waals surface area contributed by atoms with E-state index in [1.165, 1.54) is 11.0 Å². The highest BCUT2D eigenvalue weighted by Gasteiger charge is 2.26. The fourth-order valence-corrected chi connectivity index (χ4v) is 3.30. The van der Waals surface area contributed by atoms with Crippen molar-refractivity contribution in [1.82, 2.24) is 14.5 Å². The van der Waals surface area contributed by atoms with E-state index in [0.717, 1.165) is 25.8 Å². The zero-order valence-corrected chi connectivity index (χ0v) is 13.9. The van der Waals surface area contributed by atoms with Gasteiger partial charge in [0.25, 0.3) is 5.56 Å². The minimum Gasteiger partial charge on any atom is -0.384 e. The third-order valence-corrected chi connectivity index (χ3v) is 4.53. The van der Waals surface area contributed by atoms with Crippen LogP contribution in [0.5, 0.6) is 0 Å². The number of Topliss-reactive ketones (excluding diaryl/α,β-unsaturated/α-hetero) is 1. The molecule has 0 bridgehead atoms. The molecule has 2 heterocycles. The lowest BCUT2D eigenvalue weighted by Crippen LogP contribution is -2.44. The molecule has 1 aliphatic rings. The fraction of sp³-hybridized carbons (Fsp3) is 0.688. The number of aromatic nitrogens is 2. The van der Waals surface area contributed by atoms with E-state index in [-0.39, 0.29) is 23.7 Å². The number of hydrogen-bond donors (Lipinski definition) is 2. The van der Waals surface area contributed by atoms with Gasteiger partial charge in [-0.1, -0.05) is 20.3 Å². The number of ketones is 1. The zero-order chi connectivity index (χ0) is 17.0. The van der Waals surface area contributed by atoms with Crippen LogP contribution in [0.2, 0.25) is 0 Å². The molecule has 3 N–H and O–H groups in total. The molecule has 0 aromatic carbocycles. The van der Waals surface area contributed by atoms with E-state index in [2.05, 4.69) is 16.8 Å². The molecule has 128 valence electrons. The summed E-state index contributed by atoms with van der Waals surface area (Å²) in [5.74, 6) is -0.329. The molecule has 1 atom stereocenters. The number of aromatic amines is 1. The van der Waals surface area contributed by atoms with Crippen molar-refractivity contribution < 1.29 is 4.79 Å². The first-order valence-corrected chi connectivity index (χ1v) is 8.39. The summed E-state index contributed by atoms with van der Waals surface area (Å²) < 4.78 is 1.27. The molecule has 2 rings (SSSR count). The molecule has 1 aromatic rings. The Bertz CT molecular complexity index is 677. The number of anilines is 1. The highest BCUT2D eigenvalue weighted by molar-refractivity contribution is 6.01. The summed E-state index contributed by atoms with van der Waals surface area (Å²) >= 11 is 0. The molecule has 7 nitrogen and oxygen atoms in total. The van der Waals surface area contributed by atoms with Gasteiger partial charge in [-0.05, 0) is 32.2 Å². The van der Waals surface area contributed by atoms with Gasteiger partial charge in [0, 0.05) is 12.6 Å². The Morgan fingerprint density at radius 1 is 1.30 bits per heavy atom. The molecular formula is C16H26N4O3. The van der Waals surface area contributed by atoms with Crippen molar-refractivity contribution in [1.29, 1.82) is 0 Å². The molecule has 0 radical (unpaired) electrons. The summed E-state index contributed by atoms with van der Waals surface area (Å²) in [7, 11) is 0. The first-order chi connectivity index (χ1) is 11.0. The smallest absolute Gasteiger partial charge is 0.329 e. The molecule has 0 saturated carbocycles. The summed E-state index contributed by atoms with van der Waals surface area (Å²) in [5, 5.41) is 0. The minimum absolute atomic E-state index is 0.0179. The fourth-order valence-electron chi connectivity index (χ4n) is 3.30. The predicted octanol–water partition coefficient (Wildman–Crippen LogP) is 0.976. The Kier molecular flexibility index (Phi) is 5.76. The maximum absolute atomic E-state index is 12.6. The van der Waals surface area contributed by atoms with Gasteiger partial charge < -0.3 is 5.73 Å². The predicted molar refractivity (Wildman–Crippen MR) is 89.9 cm³/mol. The summed E-state index contributed by atoms with van der Waals surface area (Å²) in [6, 6.07) is 0.370. The molecule has 23 heavy (non-hydrogen) atoms. The van der Waals surface area contributed by atoms with Crippen molar-refractivity contribution in [3.8, 4) is 0 Å². The van der Waals surface area contributed by atoms with E-state index in [4.69, 9.17) is 5.73 Å². The van der Waals surface area contributed by atoms with Crippen LogP contribution < -0.4 is 17.0 Å². The third kappa shape index (κ3) is 3.72. The number of rotatable bonds is 6. The molecule has 7 heteroatoms. The van der Waals surface area contributed by atoms with Gasteiger partial charge in [0.2, 0.25) is 0 Å². The van der Waals surface area contributed by atoms with Crippen LogP contribution in [-0.4, -0.2) is 39.4 Å². The van der Waals surface area contributed by atoms with E-state index in [1.54, 1.807) is 0 Å². The van der Waals surface area contributed by atoms with E-state index in [9.17, 15) is 14.4 Å². The monoisotopic (exact) mass is 322 g/mol. The Labute approximate surface area is 135 Å². The number of likely N-dealkylation sites (tertiary alicyclic amines) is 1. The van der Waals surface area contributed by atoms with Gasteiger partial charge >= 0.3 is 5.69 Å². The second-order valence-electron chi connectivity index (χ2n) is 6.12. The van der Waals surface area contributed by atoms with Crippen molar-refractivity contribution in [3.63, 3.8) is 0 Å². The maximum atomic E-state index is 12.6. The van der Waals surface area contributed by atoms with Gasteiger partial charge in [-0.2, -0.15) is 0 Å². The molecule has 0 aliphatic carbocycles. The van der Waals surface area contributed by atoms with Gasteiger partial charge in [0.15, 0.2) is 5.78 Å². The Hall–Kier alpha value is -1.89. The van der Waals surface area contributed by atoms with Gasteiger partial charge in [0.05, 0.1) is 6.54 Å². The zero-order valence-electron chi connectivity index (χ0n) is 13.9. The van der Waals surface area contributed by atoms with Crippen molar-refractivity contribution >= 4 is 11.6 Å². The average Bonchev–Trinajstić information content (AvgIpc) is 2.51. The van der Waals surface area contributed by atoms with Crippen molar-refractivity contribution in [2.75, 3.05) is 18.8 Å². The van der Waals surface area contributed by atoms with E-state index in [0.29, 0.717) is 19.0 Å². The lowest BCUT2D eigenvalue weighted by atomic mass is 9.99. The quantitative estimate of drug-likeness (QED) is 0.760. The second-order valence-corrected chi connectivity index (χ2v) is 6.12. The lowest BCUT2D eigenvalue weighted by Gasteiger charge is -2.34. The Morgan fingerprint density at radius 2 is 2.04 bits per heavy atom. The summed E-state index contributed by atoms with van der Waals surface area (Å²) in [4.78, 5) is 40.8. The molecule has 1 aliphatic heterocycles. The van der Waals surface area contributed by atoms with E-state index >= 15 is 0 Å². The molecule has 1 saturated heterocycles. The molecule has 0 spiro atoms. The Balaban J connectivity index is 2.30. The van der Waals surface area contributed by atoms with Crippen LogP contribution >= 0.6 is 0 Å². The van der Waals surface area contributed by atoms with Gasteiger partial charge in [0.1, 0.15) is 11.4 Å². The normalized spacial score (nSPS) is 19.0. The highest BCUT2D eigenvalue weighted by Crippen LogP contribution is 2.20. The maximum Gasteiger partial charge on any atom is 0.329 e. The van der Waals surface area contributed by atoms with E-state index in [1.807, 2.05) is 6.92 Å². The van der Waals surface area contributed by atoms with Crippen LogP contribution in [0, 0.1) is 0 Å². The minimum atomic E-state index is -0.685. The molecular weight excluding hydrogens is 296 g/mol. The van der Waals surface area contributed by atoms with Gasteiger partial charge in [-0.3, -0.25) is 24.0 Å². The molecule has 1 unspecified atom stereocenters. The number of piperidine rings is 1. The van der Waals surface area contributed by atoms with Crippen LogP contribution in [0.4, 0.5) is 5.82 Å². The topological polar surface area (TPSA) is 101 Å². The first-order valence-electron chi connectivity index (χ1n) is 8.39. The second kappa shape index (κ2) is 7.59. The molecule has 0 amide bonds. The number of hydrogen-bond acceptors (Lipinski definition) is 5. The highest BCUT2D eigenvalue weighted by atomic mass is 16.2. The number of carbonyl (C=O) groups is 1. The first kappa shape index (κ1) is 17.5. The van der Waals surface area contributed by atoms with Crippen LogP contribution in [0.3, 0.4) is 0 Å². The molecule has 1 fully saturated rings. The van der Waals surface area contributed by atoms with Crippen LogP contribution in [0.15, 0.2) is 9.59 Å². The lowest BCUT2D eigenvalue weighted by molar-refractivity contribution is 0.0837. The van der Waals surface area contributed by atoms with Crippen LogP contribution in [-0.2, 0) is 6.54 Å². The SMILES string of the molecule is CCCn1c(N)c(C(=O)CN2CCCCC2CC)c(=O)[nH]c1=O. The standard InChI is InChI=1S/C16H26N4O3/c1-3-8-20-14(17)13(15(22)18-16(20)23)12(21)10-19-9-6-5-7-11(19)4-2/h11H,3-10,17H2,1-2H3,(H,18,22,23). The number of nitrogen functional groups attached to an aromatic ring is 1. The van der Waals surface area contributed by atoms with Crippen molar-refractivity contribution in [3.05, 3.63) is 26.4 Å². The van der Waals surface area contributed by atoms with Gasteiger partial charge in [-0.25, -0.2) is 4.79 Å². The largest absolute Gasteiger partial charge is 0.384 e. The third-order valence-electron chi connectivity index (χ3n) is 4.53. The van der Waals surface area contributed by atoms with E-state index < -0.39 is 11.2 Å². The summed E-state index contributed by atoms with van der Waals surface area (Å²) in [6.45, 7) is 5.42. The number of nitrogens with zero attached hydrogens (tertiary/aromatic N) is 2. The number of H-pyrrole nitrogens is 1. The van der Waals surface area contributed by atoms with Crippen molar-refractivity contribution in [2.45, 2.75) is 58.5 Å². The van der Waals surface area contributed by atoms with Gasteiger partial charge in [-0.15, -0.1) is 0 Å². The average molecular weight is 322 g/mol. The van der Waals surface area contributed by atoms with Crippen LogP contribution in [0.25, 0.3) is 0 Å². The number of carbonyl (C=O) groups excluding carboxylic acids is 1. The van der Waals surface area contributed by atoms with Crippen molar-refractivity contribution in [2.24, 2.45) is 0 Å².